The molecular formula is C23H34N4O. The molecule has 1 N–H and O–H groups in total. The molecule has 5 nitrogen and oxygen atoms in total. The third-order valence-electron chi connectivity index (χ3n) is 6.68. The predicted octanol–water partition coefficient (Wildman–Crippen LogP) is 2.87. The van der Waals surface area contributed by atoms with Crippen LogP contribution in [0.5, 0.6) is 0 Å². The molecule has 0 spiro atoms. The molecule has 2 aromatic rings. The fourth-order valence-corrected chi connectivity index (χ4v) is 4.99. The zero-order chi connectivity index (χ0) is 19.5. The standard InChI is InChI=1S/C23H34N4O/c1-18-16-19-6-3-4-8-22(19)27(18)15-11-24-23(28)20-7-5-12-26(17-20)21-9-13-25(2)14-10-21/h3-4,6,8,16,20-21H,5,7,9-15,17H2,1-2H3,(H,24,28)/t20-/m1/s1. The van der Waals surface area contributed by atoms with Gasteiger partial charge in [0.1, 0.15) is 0 Å². The van der Waals surface area contributed by atoms with E-state index in [1.807, 2.05) is 0 Å². The zero-order valence-electron chi connectivity index (χ0n) is 17.4. The first-order valence-electron chi connectivity index (χ1n) is 10.9. The van der Waals surface area contributed by atoms with Crippen molar-refractivity contribution in [3.05, 3.63) is 36.0 Å². The Bertz CT molecular complexity index is 806. The smallest absolute Gasteiger partial charge is 0.224 e. The maximum absolute atomic E-state index is 12.8. The molecule has 5 heteroatoms. The van der Waals surface area contributed by atoms with E-state index in [2.05, 4.69) is 64.0 Å². The number of aryl methyl sites for hydroxylation is 1. The van der Waals surface area contributed by atoms with Gasteiger partial charge in [0.2, 0.25) is 5.91 Å². The Morgan fingerprint density at radius 2 is 1.93 bits per heavy atom. The SMILES string of the molecule is Cc1cc2ccccc2n1CCNC(=O)[C@@H]1CCCN(C2CCN(C)CC2)C1. The summed E-state index contributed by atoms with van der Waals surface area (Å²) in [5.74, 6) is 0.391. The average molecular weight is 383 g/mol. The van der Waals surface area contributed by atoms with Crippen LogP contribution in [-0.2, 0) is 11.3 Å². The number of nitrogens with one attached hydrogen (secondary N) is 1. The minimum absolute atomic E-state index is 0.149. The highest BCUT2D eigenvalue weighted by atomic mass is 16.1. The van der Waals surface area contributed by atoms with E-state index in [-0.39, 0.29) is 11.8 Å². The Balaban J connectivity index is 1.29. The second kappa shape index (κ2) is 8.66. The van der Waals surface area contributed by atoms with Crippen LogP contribution in [0.15, 0.2) is 30.3 Å². The van der Waals surface area contributed by atoms with Gasteiger partial charge in [-0.3, -0.25) is 9.69 Å². The maximum Gasteiger partial charge on any atom is 0.224 e. The van der Waals surface area contributed by atoms with E-state index in [1.54, 1.807) is 0 Å². The molecule has 0 unspecified atom stereocenters. The number of amides is 1. The normalized spacial score (nSPS) is 22.6. The number of aromatic nitrogens is 1. The summed E-state index contributed by atoms with van der Waals surface area (Å²) < 4.78 is 2.31. The minimum Gasteiger partial charge on any atom is -0.354 e. The number of para-hydroxylation sites is 1. The van der Waals surface area contributed by atoms with Crippen LogP contribution in [0.3, 0.4) is 0 Å². The van der Waals surface area contributed by atoms with E-state index in [9.17, 15) is 4.79 Å². The van der Waals surface area contributed by atoms with Crippen LogP contribution in [0.2, 0.25) is 0 Å². The Labute approximate surface area is 168 Å². The Morgan fingerprint density at radius 1 is 1.14 bits per heavy atom. The molecule has 4 rings (SSSR count). The van der Waals surface area contributed by atoms with Crippen molar-refractivity contribution in [2.45, 2.75) is 45.2 Å². The topological polar surface area (TPSA) is 40.5 Å². The van der Waals surface area contributed by atoms with E-state index in [0.29, 0.717) is 12.6 Å². The number of likely N-dealkylation sites (tertiary alicyclic amines) is 2. The van der Waals surface area contributed by atoms with Gasteiger partial charge in [-0.1, -0.05) is 18.2 Å². The highest BCUT2D eigenvalue weighted by Crippen LogP contribution is 2.24. The van der Waals surface area contributed by atoms with Gasteiger partial charge in [0.25, 0.3) is 0 Å². The molecule has 0 saturated carbocycles. The summed E-state index contributed by atoms with van der Waals surface area (Å²) >= 11 is 0. The van der Waals surface area contributed by atoms with Crippen LogP contribution >= 0.6 is 0 Å². The fraction of sp³-hybridized carbons (Fsp3) is 0.609. The Kier molecular flexibility index (Phi) is 6.02. The molecule has 0 aliphatic carbocycles. The molecule has 2 aliphatic rings. The molecule has 2 aliphatic heterocycles. The van der Waals surface area contributed by atoms with Gasteiger partial charge in [0.05, 0.1) is 5.92 Å². The van der Waals surface area contributed by atoms with Crippen LogP contribution in [0, 0.1) is 12.8 Å². The number of nitrogens with zero attached hydrogens (tertiary/aromatic N) is 3. The lowest BCUT2D eigenvalue weighted by atomic mass is 9.93. The summed E-state index contributed by atoms with van der Waals surface area (Å²) in [6.45, 7) is 8.13. The van der Waals surface area contributed by atoms with Crippen LogP contribution < -0.4 is 5.32 Å². The lowest BCUT2D eigenvalue weighted by Crippen LogP contribution is -2.50. The number of fused-ring (bicyclic) bond motifs is 1. The summed E-state index contributed by atoms with van der Waals surface area (Å²) in [7, 11) is 2.21. The molecule has 1 amide bonds. The fourth-order valence-electron chi connectivity index (χ4n) is 4.99. The number of hydrogen-bond acceptors (Lipinski definition) is 3. The van der Waals surface area contributed by atoms with Gasteiger partial charge in [-0.05, 0) is 76.8 Å². The van der Waals surface area contributed by atoms with E-state index in [0.717, 1.165) is 32.5 Å². The molecule has 0 radical (unpaired) electrons. The number of rotatable bonds is 5. The summed E-state index contributed by atoms with van der Waals surface area (Å²) in [6, 6.07) is 11.4. The second-order valence-electron chi connectivity index (χ2n) is 8.66. The zero-order valence-corrected chi connectivity index (χ0v) is 17.4. The van der Waals surface area contributed by atoms with E-state index in [1.165, 1.54) is 42.5 Å². The van der Waals surface area contributed by atoms with Crippen molar-refractivity contribution in [1.82, 2.24) is 19.7 Å². The molecule has 152 valence electrons. The quantitative estimate of drug-likeness (QED) is 0.864. The summed E-state index contributed by atoms with van der Waals surface area (Å²) in [4.78, 5) is 17.8. The van der Waals surface area contributed by atoms with Crippen molar-refractivity contribution in [3.8, 4) is 0 Å². The van der Waals surface area contributed by atoms with Crippen LogP contribution in [0.4, 0.5) is 0 Å². The first-order valence-corrected chi connectivity index (χ1v) is 10.9. The molecule has 0 bridgehead atoms. The Morgan fingerprint density at radius 3 is 2.75 bits per heavy atom. The molecule has 1 aromatic carbocycles. The van der Waals surface area contributed by atoms with Gasteiger partial charge >= 0.3 is 0 Å². The second-order valence-corrected chi connectivity index (χ2v) is 8.66. The first kappa shape index (κ1) is 19.5. The van der Waals surface area contributed by atoms with Crippen LogP contribution in [0.25, 0.3) is 10.9 Å². The molecular weight excluding hydrogens is 348 g/mol. The van der Waals surface area contributed by atoms with Gasteiger partial charge in [0.15, 0.2) is 0 Å². The number of carbonyl (C=O) groups excluding carboxylic acids is 1. The monoisotopic (exact) mass is 382 g/mol. The highest BCUT2D eigenvalue weighted by Gasteiger charge is 2.30. The van der Waals surface area contributed by atoms with E-state index < -0.39 is 0 Å². The number of piperidine rings is 2. The van der Waals surface area contributed by atoms with Crippen molar-refractivity contribution >= 4 is 16.8 Å². The van der Waals surface area contributed by atoms with Gasteiger partial charge in [-0.25, -0.2) is 0 Å². The molecule has 1 atom stereocenters. The largest absolute Gasteiger partial charge is 0.354 e. The summed E-state index contributed by atoms with van der Waals surface area (Å²) in [6.07, 6.45) is 4.65. The summed E-state index contributed by atoms with van der Waals surface area (Å²) in [5.41, 5.74) is 2.50. The number of hydrogen-bond donors (Lipinski definition) is 1. The lowest BCUT2D eigenvalue weighted by Gasteiger charge is -2.41. The van der Waals surface area contributed by atoms with Crippen molar-refractivity contribution in [2.75, 3.05) is 39.8 Å². The summed E-state index contributed by atoms with van der Waals surface area (Å²) in [5, 5.41) is 4.49. The van der Waals surface area contributed by atoms with Crippen molar-refractivity contribution < 1.29 is 4.79 Å². The predicted molar refractivity (Wildman–Crippen MR) is 115 cm³/mol. The highest BCUT2D eigenvalue weighted by molar-refractivity contribution is 5.81. The maximum atomic E-state index is 12.8. The van der Waals surface area contributed by atoms with E-state index >= 15 is 0 Å². The third-order valence-corrected chi connectivity index (χ3v) is 6.68. The average Bonchev–Trinajstić information content (AvgIpc) is 3.04. The molecule has 2 fully saturated rings. The van der Waals surface area contributed by atoms with Gasteiger partial charge in [-0.2, -0.15) is 0 Å². The lowest BCUT2D eigenvalue weighted by molar-refractivity contribution is -0.127. The third kappa shape index (κ3) is 4.26. The van der Waals surface area contributed by atoms with Crippen LogP contribution in [-0.4, -0.2) is 66.1 Å². The number of carbonyl (C=O) groups is 1. The van der Waals surface area contributed by atoms with Gasteiger partial charge in [0, 0.05) is 36.9 Å². The van der Waals surface area contributed by atoms with E-state index in [4.69, 9.17) is 0 Å². The first-order chi connectivity index (χ1) is 13.6. The van der Waals surface area contributed by atoms with Crippen molar-refractivity contribution in [2.24, 2.45) is 5.92 Å². The molecule has 2 saturated heterocycles. The molecule has 1 aromatic heterocycles. The molecule has 3 heterocycles. The van der Waals surface area contributed by atoms with Crippen LogP contribution in [0.1, 0.15) is 31.4 Å². The van der Waals surface area contributed by atoms with Gasteiger partial charge < -0.3 is 14.8 Å². The number of benzene rings is 1. The molecule has 28 heavy (non-hydrogen) atoms. The van der Waals surface area contributed by atoms with Crippen molar-refractivity contribution in [3.63, 3.8) is 0 Å². The minimum atomic E-state index is 0.149. The van der Waals surface area contributed by atoms with Crippen molar-refractivity contribution in [1.29, 1.82) is 0 Å². The van der Waals surface area contributed by atoms with Gasteiger partial charge in [-0.15, -0.1) is 0 Å². The Hall–Kier alpha value is -1.85.